The fraction of sp³-hybridized carbons (Fsp3) is 1.00. The highest BCUT2D eigenvalue weighted by Crippen LogP contribution is 2.23. The third-order valence-corrected chi connectivity index (χ3v) is 3.56. The Kier molecular flexibility index (Phi) is 5.62. The molecule has 90 valence electrons. The Morgan fingerprint density at radius 2 is 1.73 bits per heavy atom. The molecular formula is C13H28N2. The average Bonchev–Trinajstić information content (AvgIpc) is 2.18. The molecule has 2 heteroatoms. The molecule has 0 amide bonds. The summed E-state index contributed by atoms with van der Waals surface area (Å²) < 4.78 is 0. The molecule has 0 aromatic heterocycles. The van der Waals surface area contributed by atoms with E-state index in [-0.39, 0.29) is 0 Å². The van der Waals surface area contributed by atoms with Gasteiger partial charge in [-0.05, 0) is 37.8 Å². The molecule has 0 radical (unpaired) electrons. The van der Waals surface area contributed by atoms with Crippen LogP contribution < -0.4 is 5.32 Å². The Hall–Kier alpha value is -0.0800. The zero-order valence-corrected chi connectivity index (χ0v) is 10.9. The topological polar surface area (TPSA) is 15.3 Å². The minimum absolute atomic E-state index is 0.623. The lowest BCUT2D eigenvalue weighted by atomic mass is 9.87. The third-order valence-electron chi connectivity index (χ3n) is 3.56. The molecule has 1 aliphatic rings. The number of rotatable bonds is 5. The molecule has 15 heavy (non-hydrogen) atoms. The maximum Gasteiger partial charge on any atom is 0.0107 e. The summed E-state index contributed by atoms with van der Waals surface area (Å²) in [5, 5.41) is 3.49. The van der Waals surface area contributed by atoms with Crippen LogP contribution in [0.5, 0.6) is 0 Å². The molecule has 1 fully saturated rings. The molecule has 0 bridgehead atoms. The predicted molar refractivity (Wildman–Crippen MR) is 67.1 cm³/mol. The van der Waals surface area contributed by atoms with Crippen molar-refractivity contribution < 1.29 is 0 Å². The van der Waals surface area contributed by atoms with E-state index in [9.17, 15) is 0 Å². The number of nitrogens with zero attached hydrogens (tertiary/aromatic N) is 1. The van der Waals surface area contributed by atoms with E-state index in [0.29, 0.717) is 6.04 Å². The SMILES string of the molecule is CC(C)NCCN1CCC(C(C)C)CC1. The van der Waals surface area contributed by atoms with Crippen molar-refractivity contribution in [1.82, 2.24) is 10.2 Å². The molecule has 0 aromatic rings. The van der Waals surface area contributed by atoms with Crippen LogP contribution in [0.25, 0.3) is 0 Å². The Morgan fingerprint density at radius 1 is 1.13 bits per heavy atom. The largest absolute Gasteiger partial charge is 0.313 e. The van der Waals surface area contributed by atoms with Crippen LogP contribution in [0, 0.1) is 11.8 Å². The minimum atomic E-state index is 0.623. The van der Waals surface area contributed by atoms with Gasteiger partial charge in [-0.25, -0.2) is 0 Å². The fourth-order valence-electron chi connectivity index (χ4n) is 2.35. The number of hydrogen-bond donors (Lipinski definition) is 1. The van der Waals surface area contributed by atoms with Gasteiger partial charge in [-0.15, -0.1) is 0 Å². The van der Waals surface area contributed by atoms with Gasteiger partial charge in [-0.3, -0.25) is 0 Å². The van der Waals surface area contributed by atoms with Crippen LogP contribution in [-0.2, 0) is 0 Å². The molecule has 0 aromatic carbocycles. The summed E-state index contributed by atoms with van der Waals surface area (Å²) in [6, 6.07) is 0.623. The summed E-state index contributed by atoms with van der Waals surface area (Å²) in [5.74, 6) is 1.85. The average molecular weight is 212 g/mol. The summed E-state index contributed by atoms with van der Waals surface area (Å²) in [5.41, 5.74) is 0. The second-order valence-electron chi connectivity index (χ2n) is 5.53. The van der Waals surface area contributed by atoms with Gasteiger partial charge in [0, 0.05) is 19.1 Å². The highest BCUT2D eigenvalue weighted by molar-refractivity contribution is 4.74. The summed E-state index contributed by atoms with van der Waals surface area (Å²) >= 11 is 0. The fourth-order valence-corrected chi connectivity index (χ4v) is 2.35. The van der Waals surface area contributed by atoms with Crippen LogP contribution >= 0.6 is 0 Å². The van der Waals surface area contributed by atoms with Crippen molar-refractivity contribution in [3.8, 4) is 0 Å². The van der Waals surface area contributed by atoms with Crippen LogP contribution in [0.4, 0.5) is 0 Å². The second kappa shape index (κ2) is 6.49. The Bertz CT molecular complexity index is 155. The van der Waals surface area contributed by atoms with Crippen molar-refractivity contribution in [3.05, 3.63) is 0 Å². The smallest absolute Gasteiger partial charge is 0.0107 e. The van der Waals surface area contributed by atoms with E-state index >= 15 is 0 Å². The first kappa shape index (κ1) is 13.0. The van der Waals surface area contributed by atoms with Crippen LogP contribution in [-0.4, -0.2) is 37.1 Å². The Balaban J connectivity index is 2.09. The first-order valence-corrected chi connectivity index (χ1v) is 6.55. The second-order valence-corrected chi connectivity index (χ2v) is 5.53. The van der Waals surface area contributed by atoms with E-state index in [0.717, 1.165) is 18.4 Å². The zero-order valence-electron chi connectivity index (χ0n) is 10.9. The molecule has 1 saturated heterocycles. The number of likely N-dealkylation sites (tertiary alicyclic amines) is 1. The van der Waals surface area contributed by atoms with E-state index in [1.807, 2.05) is 0 Å². The van der Waals surface area contributed by atoms with Gasteiger partial charge in [0.05, 0.1) is 0 Å². The molecule has 0 atom stereocenters. The van der Waals surface area contributed by atoms with Crippen molar-refractivity contribution >= 4 is 0 Å². The van der Waals surface area contributed by atoms with Gasteiger partial charge in [0.25, 0.3) is 0 Å². The molecule has 0 unspecified atom stereocenters. The lowest BCUT2D eigenvalue weighted by Crippen LogP contribution is -2.40. The molecule has 1 heterocycles. The third kappa shape index (κ3) is 4.98. The predicted octanol–water partition coefficient (Wildman–Crippen LogP) is 2.35. The molecule has 0 saturated carbocycles. The van der Waals surface area contributed by atoms with Gasteiger partial charge in [-0.2, -0.15) is 0 Å². The van der Waals surface area contributed by atoms with Crippen molar-refractivity contribution in [2.24, 2.45) is 11.8 Å². The summed E-state index contributed by atoms with van der Waals surface area (Å²) in [6.07, 6.45) is 2.80. The molecule has 1 rings (SSSR count). The van der Waals surface area contributed by atoms with E-state index < -0.39 is 0 Å². The van der Waals surface area contributed by atoms with Crippen LogP contribution in [0.1, 0.15) is 40.5 Å². The zero-order chi connectivity index (χ0) is 11.3. The first-order valence-electron chi connectivity index (χ1n) is 6.55. The van der Waals surface area contributed by atoms with E-state index in [1.165, 1.54) is 32.5 Å². The highest BCUT2D eigenvalue weighted by atomic mass is 15.1. The number of piperidine rings is 1. The van der Waals surface area contributed by atoms with Gasteiger partial charge >= 0.3 is 0 Å². The maximum absolute atomic E-state index is 3.49. The van der Waals surface area contributed by atoms with Crippen LogP contribution in [0.15, 0.2) is 0 Å². The molecule has 0 spiro atoms. The monoisotopic (exact) mass is 212 g/mol. The quantitative estimate of drug-likeness (QED) is 0.752. The van der Waals surface area contributed by atoms with Crippen molar-refractivity contribution in [2.75, 3.05) is 26.2 Å². The molecule has 0 aliphatic carbocycles. The van der Waals surface area contributed by atoms with Gasteiger partial charge in [0.2, 0.25) is 0 Å². The van der Waals surface area contributed by atoms with E-state index in [1.54, 1.807) is 0 Å². The maximum atomic E-state index is 3.49. The highest BCUT2D eigenvalue weighted by Gasteiger charge is 2.20. The van der Waals surface area contributed by atoms with Crippen LogP contribution in [0.2, 0.25) is 0 Å². The van der Waals surface area contributed by atoms with E-state index in [4.69, 9.17) is 0 Å². The molecular weight excluding hydrogens is 184 g/mol. The molecule has 2 nitrogen and oxygen atoms in total. The molecule has 1 aliphatic heterocycles. The Labute approximate surface area is 95.4 Å². The first-order chi connectivity index (χ1) is 7.09. The van der Waals surface area contributed by atoms with E-state index in [2.05, 4.69) is 37.9 Å². The summed E-state index contributed by atoms with van der Waals surface area (Å²) in [4.78, 5) is 2.61. The lowest BCUT2D eigenvalue weighted by molar-refractivity contribution is 0.158. The van der Waals surface area contributed by atoms with Crippen molar-refractivity contribution in [3.63, 3.8) is 0 Å². The summed E-state index contributed by atoms with van der Waals surface area (Å²) in [6.45, 7) is 14.1. The van der Waals surface area contributed by atoms with Gasteiger partial charge in [0.15, 0.2) is 0 Å². The van der Waals surface area contributed by atoms with Gasteiger partial charge in [0.1, 0.15) is 0 Å². The minimum Gasteiger partial charge on any atom is -0.313 e. The van der Waals surface area contributed by atoms with Gasteiger partial charge < -0.3 is 10.2 Å². The Morgan fingerprint density at radius 3 is 2.20 bits per heavy atom. The van der Waals surface area contributed by atoms with Crippen LogP contribution in [0.3, 0.4) is 0 Å². The van der Waals surface area contributed by atoms with Gasteiger partial charge in [-0.1, -0.05) is 27.7 Å². The number of nitrogens with one attached hydrogen (secondary N) is 1. The van der Waals surface area contributed by atoms with Crippen molar-refractivity contribution in [1.29, 1.82) is 0 Å². The lowest BCUT2D eigenvalue weighted by Gasteiger charge is -2.34. The normalized spacial score (nSPS) is 20.4. The van der Waals surface area contributed by atoms with Crippen molar-refractivity contribution in [2.45, 2.75) is 46.6 Å². The molecule has 1 N–H and O–H groups in total. The summed E-state index contributed by atoms with van der Waals surface area (Å²) in [7, 11) is 0. The standard InChI is InChI=1S/C13H28N2/c1-11(2)13-5-8-15(9-6-13)10-7-14-12(3)4/h11-14H,5-10H2,1-4H3. The number of hydrogen-bond acceptors (Lipinski definition) is 2.